The van der Waals surface area contributed by atoms with E-state index in [0.29, 0.717) is 19.2 Å². The molecule has 0 unspecified atom stereocenters. The van der Waals surface area contributed by atoms with Crippen LogP contribution in [0.15, 0.2) is 48.5 Å². The number of nitrogens with one attached hydrogen (secondary N) is 2. The van der Waals surface area contributed by atoms with E-state index in [1.165, 1.54) is 35.1 Å². The van der Waals surface area contributed by atoms with Crippen molar-refractivity contribution in [2.24, 2.45) is 0 Å². The summed E-state index contributed by atoms with van der Waals surface area (Å²) >= 11 is 0. The summed E-state index contributed by atoms with van der Waals surface area (Å²) in [5.74, 6) is 0.117. The first-order valence-electron chi connectivity index (χ1n) is 9.15. The van der Waals surface area contributed by atoms with Gasteiger partial charge >= 0.3 is 6.09 Å². The number of carbonyl (C=O) groups excluding carboxylic acids is 1. The van der Waals surface area contributed by atoms with E-state index in [9.17, 15) is 4.79 Å². The predicted octanol–water partition coefficient (Wildman–Crippen LogP) is 3.67. The fourth-order valence-electron chi connectivity index (χ4n) is 3.95. The van der Waals surface area contributed by atoms with Crippen molar-refractivity contribution < 1.29 is 9.53 Å². The molecular weight excluding hydrogens is 312 g/mol. The van der Waals surface area contributed by atoms with Gasteiger partial charge in [-0.25, -0.2) is 4.79 Å². The zero-order valence-corrected chi connectivity index (χ0v) is 14.3. The molecule has 4 nitrogen and oxygen atoms in total. The van der Waals surface area contributed by atoms with E-state index < -0.39 is 0 Å². The summed E-state index contributed by atoms with van der Waals surface area (Å²) in [6.45, 7) is 2.05. The molecule has 0 saturated carbocycles. The van der Waals surface area contributed by atoms with Crippen LogP contribution in [-0.4, -0.2) is 31.8 Å². The lowest BCUT2D eigenvalue weighted by molar-refractivity contribution is 0.141. The van der Waals surface area contributed by atoms with Crippen LogP contribution in [-0.2, 0) is 4.74 Å². The molecule has 4 rings (SSSR count). The third kappa shape index (κ3) is 3.40. The Balaban J connectivity index is 1.38. The number of ether oxygens (including phenoxy) is 1. The van der Waals surface area contributed by atoms with E-state index in [4.69, 9.17) is 4.74 Å². The molecule has 2 N–H and O–H groups in total. The van der Waals surface area contributed by atoms with Crippen molar-refractivity contribution in [3.8, 4) is 11.1 Å². The van der Waals surface area contributed by atoms with Gasteiger partial charge < -0.3 is 15.4 Å². The van der Waals surface area contributed by atoms with E-state index in [-0.39, 0.29) is 12.0 Å². The van der Waals surface area contributed by atoms with Crippen LogP contribution in [0.3, 0.4) is 0 Å². The number of amides is 1. The maximum absolute atomic E-state index is 12.1. The van der Waals surface area contributed by atoms with Crippen molar-refractivity contribution in [2.45, 2.75) is 31.2 Å². The van der Waals surface area contributed by atoms with Gasteiger partial charge in [0, 0.05) is 18.5 Å². The number of rotatable bonds is 4. The third-order valence-electron chi connectivity index (χ3n) is 5.25. The Morgan fingerprint density at radius 1 is 1.04 bits per heavy atom. The Kier molecular flexibility index (Phi) is 4.70. The highest BCUT2D eigenvalue weighted by molar-refractivity contribution is 5.79. The molecule has 4 heteroatoms. The molecular formula is C21H24N2O2. The van der Waals surface area contributed by atoms with Gasteiger partial charge in [-0.1, -0.05) is 55.0 Å². The molecule has 0 aromatic heterocycles. The summed E-state index contributed by atoms with van der Waals surface area (Å²) in [5.41, 5.74) is 4.98. The molecule has 2 aromatic rings. The minimum Gasteiger partial charge on any atom is -0.449 e. The standard InChI is InChI=1S/C21H24N2O2/c24-21(23-13-15-7-5-6-12-22-15)25-14-20-18-10-3-1-8-16(18)17-9-2-4-11-19(17)20/h1-4,8-11,15,20,22H,5-7,12-14H2,(H,23,24)/t15-/m1/s1. The van der Waals surface area contributed by atoms with Crippen LogP contribution < -0.4 is 10.6 Å². The second-order valence-corrected chi connectivity index (χ2v) is 6.85. The van der Waals surface area contributed by atoms with Gasteiger partial charge in [-0.05, 0) is 41.6 Å². The molecule has 1 heterocycles. The minimum absolute atomic E-state index is 0.117. The molecule has 0 bridgehead atoms. The lowest BCUT2D eigenvalue weighted by atomic mass is 9.98. The minimum atomic E-state index is -0.325. The third-order valence-corrected chi connectivity index (χ3v) is 5.25. The normalized spacial score (nSPS) is 19.1. The fourth-order valence-corrected chi connectivity index (χ4v) is 3.95. The first-order valence-corrected chi connectivity index (χ1v) is 9.15. The monoisotopic (exact) mass is 336 g/mol. The first kappa shape index (κ1) is 16.2. The van der Waals surface area contributed by atoms with Gasteiger partial charge in [0.25, 0.3) is 0 Å². The molecule has 1 aliphatic heterocycles. The molecule has 2 aliphatic rings. The number of hydrogen-bond acceptors (Lipinski definition) is 3. The smallest absolute Gasteiger partial charge is 0.407 e. The Hall–Kier alpha value is -2.33. The highest BCUT2D eigenvalue weighted by Crippen LogP contribution is 2.44. The van der Waals surface area contributed by atoms with Crippen molar-refractivity contribution in [1.29, 1.82) is 0 Å². The van der Waals surface area contributed by atoms with Gasteiger partial charge in [0.2, 0.25) is 0 Å². The Morgan fingerprint density at radius 3 is 2.36 bits per heavy atom. The molecule has 1 aliphatic carbocycles. The van der Waals surface area contributed by atoms with Gasteiger partial charge in [0.05, 0.1) is 0 Å². The Labute approximate surface area is 148 Å². The lowest BCUT2D eigenvalue weighted by Crippen LogP contribution is -2.43. The maximum Gasteiger partial charge on any atom is 0.407 e. The number of fused-ring (bicyclic) bond motifs is 3. The quantitative estimate of drug-likeness (QED) is 0.896. The number of benzene rings is 2. The average molecular weight is 336 g/mol. The van der Waals surface area contributed by atoms with Crippen LogP contribution in [0.5, 0.6) is 0 Å². The fraction of sp³-hybridized carbons (Fsp3) is 0.381. The van der Waals surface area contributed by atoms with Crippen LogP contribution in [0.25, 0.3) is 11.1 Å². The van der Waals surface area contributed by atoms with Crippen molar-refractivity contribution in [1.82, 2.24) is 10.6 Å². The molecule has 130 valence electrons. The largest absolute Gasteiger partial charge is 0.449 e. The van der Waals surface area contributed by atoms with Crippen molar-refractivity contribution in [3.05, 3.63) is 59.7 Å². The van der Waals surface area contributed by atoms with E-state index >= 15 is 0 Å². The zero-order chi connectivity index (χ0) is 17.1. The van der Waals surface area contributed by atoms with E-state index in [2.05, 4.69) is 47.0 Å². The second-order valence-electron chi connectivity index (χ2n) is 6.85. The van der Waals surface area contributed by atoms with Crippen molar-refractivity contribution in [3.63, 3.8) is 0 Å². The molecule has 25 heavy (non-hydrogen) atoms. The summed E-state index contributed by atoms with van der Waals surface area (Å²) in [4.78, 5) is 12.1. The van der Waals surface area contributed by atoms with E-state index in [1.54, 1.807) is 0 Å². The molecule has 1 saturated heterocycles. The molecule has 0 radical (unpaired) electrons. The van der Waals surface area contributed by atoms with Crippen molar-refractivity contribution >= 4 is 6.09 Å². The summed E-state index contributed by atoms with van der Waals surface area (Å²) in [6, 6.07) is 17.1. The van der Waals surface area contributed by atoms with E-state index in [0.717, 1.165) is 13.0 Å². The van der Waals surface area contributed by atoms with Crippen LogP contribution >= 0.6 is 0 Å². The highest BCUT2D eigenvalue weighted by atomic mass is 16.5. The molecule has 1 atom stereocenters. The Bertz CT molecular complexity index is 708. The molecule has 0 spiro atoms. The zero-order valence-electron chi connectivity index (χ0n) is 14.3. The predicted molar refractivity (Wildman–Crippen MR) is 98.7 cm³/mol. The summed E-state index contributed by atoms with van der Waals surface area (Å²) in [5, 5.41) is 6.33. The number of carbonyl (C=O) groups is 1. The maximum atomic E-state index is 12.1. The second kappa shape index (κ2) is 7.28. The topological polar surface area (TPSA) is 50.4 Å². The lowest BCUT2D eigenvalue weighted by Gasteiger charge is -2.23. The average Bonchev–Trinajstić information content (AvgIpc) is 2.99. The number of alkyl carbamates (subject to hydrolysis) is 1. The summed E-state index contributed by atoms with van der Waals surface area (Å²) < 4.78 is 5.55. The van der Waals surface area contributed by atoms with Gasteiger partial charge in [-0.15, -0.1) is 0 Å². The molecule has 1 fully saturated rings. The molecule has 2 aromatic carbocycles. The van der Waals surface area contributed by atoms with Crippen LogP contribution in [0, 0.1) is 0 Å². The SMILES string of the molecule is O=C(NC[C@H]1CCCCN1)OCC1c2ccccc2-c2ccccc21. The summed E-state index contributed by atoms with van der Waals surface area (Å²) in [7, 11) is 0. The number of hydrogen-bond donors (Lipinski definition) is 2. The van der Waals surface area contributed by atoms with Crippen LogP contribution in [0.1, 0.15) is 36.3 Å². The van der Waals surface area contributed by atoms with E-state index in [1.807, 2.05) is 12.1 Å². The van der Waals surface area contributed by atoms with Gasteiger partial charge in [0.15, 0.2) is 0 Å². The van der Waals surface area contributed by atoms with Gasteiger partial charge in [-0.3, -0.25) is 0 Å². The Morgan fingerprint density at radius 2 is 1.72 bits per heavy atom. The van der Waals surface area contributed by atoms with Gasteiger partial charge in [0.1, 0.15) is 6.61 Å². The highest BCUT2D eigenvalue weighted by Gasteiger charge is 2.29. The van der Waals surface area contributed by atoms with Crippen molar-refractivity contribution in [2.75, 3.05) is 19.7 Å². The van der Waals surface area contributed by atoms with Crippen LogP contribution in [0.4, 0.5) is 4.79 Å². The molecule has 1 amide bonds. The summed E-state index contributed by atoms with van der Waals surface area (Å²) in [6.07, 6.45) is 3.24. The van der Waals surface area contributed by atoms with Gasteiger partial charge in [-0.2, -0.15) is 0 Å². The van der Waals surface area contributed by atoms with Crippen LogP contribution in [0.2, 0.25) is 0 Å². The number of piperidine rings is 1. The first-order chi connectivity index (χ1) is 12.3.